The van der Waals surface area contributed by atoms with Gasteiger partial charge in [0.25, 0.3) is 11.8 Å². The van der Waals surface area contributed by atoms with Crippen LogP contribution in [0.2, 0.25) is 0 Å². The van der Waals surface area contributed by atoms with E-state index in [1.165, 1.54) is 0 Å². The number of carbonyl (C=O) groups excluding carboxylic acids is 2. The van der Waals surface area contributed by atoms with E-state index in [4.69, 9.17) is 0 Å². The van der Waals surface area contributed by atoms with Crippen molar-refractivity contribution in [1.29, 1.82) is 0 Å². The molecule has 2 aromatic carbocycles. The predicted molar refractivity (Wildman–Crippen MR) is 120 cm³/mol. The van der Waals surface area contributed by atoms with Gasteiger partial charge in [0.05, 0.1) is 5.56 Å². The highest BCUT2D eigenvalue weighted by molar-refractivity contribution is 6.00. The van der Waals surface area contributed by atoms with E-state index in [1.54, 1.807) is 0 Å². The highest BCUT2D eigenvalue weighted by Crippen LogP contribution is 2.27. The fourth-order valence-electron chi connectivity index (χ4n) is 4.44. The molecule has 2 fully saturated rings. The van der Waals surface area contributed by atoms with Crippen LogP contribution in [0.5, 0.6) is 0 Å². The van der Waals surface area contributed by atoms with E-state index in [1.807, 2.05) is 53.4 Å². The van der Waals surface area contributed by atoms with Gasteiger partial charge in [-0.3, -0.25) is 9.59 Å². The van der Waals surface area contributed by atoms with E-state index in [2.05, 4.69) is 23.2 Å². The first-order valence-corrected chi connectivity index (χ1v) is 11.1. The van der Waals surface area contributed by atoms with Crippen molar-refractivity contribution in [2.24, 2.45) is 5.92 Å². The lowest BCUT2D eigenvalue weighted by molar-refractivity contribution is 0.0697. The molecule has 5 nitrogen and oxygen atoms in total. The molecule has 2 aromatic rings. The number of hydrogen-bond donors (Lipinski definition) is 1. The van der Waals surface area contributed by atoms with Crippen LogP contribution in [0, 0.1) is 5.92 Å². The fourth-order valence-corrected chi connectivity index (χ4v) is 4.44. The smallest absolute Gasteiger partial charge is 0.255 e. The average molecular weight is 406 g/mol. The highest BCUT2D eigenvalue weighted by Gasteiger charge is 2.27. The Balaban J connectivity index is 1.38. The molecule has 2 aliphatic rings. The van der Waals surface area contributed by atoms with Crippen LogP contribution in [0.3, 0.4) is 0 Å². The van der Waals surface area contributed by atoms with Gasteiger partial charge in [0, 0.05) is 43.5 Å². The van der Waals surface area contributed by atoms with Crippen molar-refractivity contribution in [3.05, 3.63) is 65.7 Å². The number of nitrogens with zero attached hydrogens (tertiary/aromatic N) is 2. The van der Waals surface area contributed by atoms with Gasteiger partial charge in [-0.15, -0.1) is 0 Å². The Morgan fingerprint density at radius 1 is 0.833 bits per heavy atom. The number of hydrogen-bond acceptors (Lipinski definition) is 3. The molecule has 0 aromatic heterocycles. The van der Waals surface area contributed by atoms with E-state index in [-0.39, 0.29) is 17.9 Å². The second-order valence-corrected chi connectivity index (χ2v) is 8.59. The van der Waals surface area contributed by atoms with E-state index in [0.717, 1.165) is 63.1 Å². The third-order valence-electron chi connectivity index (χ3n) is 6.41. The molecule has 2 heterocycles. The zero-order valence-corrected chi connectivity index (χ0v) is 17.7. The van der Waals surface area contributed by atoms with Gasteiger partial charge >= 0.3 is 0 Å². The van der Waals surface area contributed by atoms with Gasteiger partial charge in [-0.05, 0) is 55.9 Å². The van der Waals surface area contributed by atoms with Gasteiger partial charge in [-0.2, -0.15) is 0 Å². The first-order chi connectivity index (χ1) is 14.6. The molecule has 30 heavy (non-hydrogen) atoms. The lowest BCUT2D eigenvalue weighted by Crippen LogP contribution is -2.45. The Hall–Kier alpha value is -2.82. The predicted octanol–water partition coefficient (Wildman–Crippen LogP) is 3.96. The molecule has 1 N–H and O–H groups in total. The summed E-state index contributed by atoms with van der Waals surface area (Å²) in [7, 11) is 0. The molecular formula is C25H31N3O2. The second-order valence-electron chi connectivity index (χ2n) is 8.59. The van der Waals surface area contributed by atoms with E-state index in [0.29, 0.717) is 11.5 Å². The number of benzene rings is 2. The maximum atomic E-state index is 13.2. The minimum atomic E-state index is -0.0102. The molecule has 0 saturated carbocycles. The summed E-state index contributed by atoms with van der Waals surface area (Å²) in [5, 5.41) is 3.16. The van der Waals surface area contributed by atoms with Crippen molar-refractivity contribution in [2.75, 3.05) is 31.1 Å². The molecule has 0 bridgehead atoms. The molecular weight excluding hydrogens is 374 g/mol. The summed E-state index contributed by atoms with van der Waals surface area (Å²) in [6.07, 6.45) is 3.92. The maximum Gasteiger partial charge on any atom is 0.255 e. The van der Waals surface area contributed by atoms with Crippen LogP contribution >= 0.6 is 0 Å². The zero-order valence-electron chi connectivity index (χ0n) is 17.7. The minimum Gasteiger partial charge on any atom is -0.371 e. The maximum absolute atomic E-state index is 13.2. The van der Waals surface area contributed by atoms with E-state index >= 15 is 0 Å². The number of carbonyl (C=O) groups is 2. The number of piperidine rings is 2. The molecule has 2 saturated heterocycles. The number of nitrogens with one attached hydrogen (secondary N) is 1. The summed E-state index contributed by atoms with van der Waals surface area (Å²) in [4.78, 5) is 29.9. The third kappa shape index (κ3) is 4.66. The first kappa shape index (κ1) is 20.5. The highest BCUT2D eigenvalue weighted by atomic mass is 16.2. The van der Waals surface area contributed by atoms with Crippen LogP contribution in [0.4, 0.5) is 5.69 Å². The molecule has 0 spiro atoms. The Bertz CT molecular complexity index is 867. The minimum absolute atomic E-state index is 0.0102. The number of amides is 2. The van der Waals surface area contributed by atoms with Crippen LogP contribution in [0.15, 0.2) is 54.6 Å². The molecule has 2 aliphatic heterocycles. The van der Waals surface area contributed by atoms with Crippen molar-refractivity contribution in [3.8, 4) is 0 Å². The normalized spacial score (nSPS) is 18.3. The molecule has 158 valence electrons. The monoisotopic (exact) mass is 405 g/mol. The first-order valence-electron chi connectivity index (χ1n) is 11.1. The standard InChI is InChI=1S/C25H31N3O2/c1-19-11-15-28(16-12-19)25(30)22-9-5-6-10-23(22)27-17-13-21(14-18-27)26-24(29)20-7-3-2-4-8-20/h2-10,19,21H,11-18H2,1H3,(H,26,29). The molecule has 2 amide bonds. The van der Waals surface area contributed by atoms with Gasteiger partial charge < -0.3 is 15.1 Å². The van der Waals surface area contributed by atoms with Crippen LogP contribution in [0.25, 0.3) is 0 Å². The molecule has 4 rings (SSSR count). The van der Waals surface area contributed by atoms with Gasteiger partial charge in [-0.1, -0.05) is 37.3 Å². The van der Waals surface area contributed by atoms with Gasteiger partial charge in [0.1, 0.15) is 0 Å². The average Bonchev–Trinajstić information content (AvgIpc) is 2.80. The van der Waals surface area contributed by atoms with Crippen molar-refractivity contribution in [1.82, 2.24) is 10.2 Å². The zero-order chi connectivity index (χ0) is 20.9. The Morgan fingerprint density at radius 3 is 2.17 bits per heavy atom. The molecule has 0 aliphatic carbocycles. The third-order valence-corrected chi connectivity index (χ3v) is 6.41. The lowest BCUT2D eigenvalue weighted by atomic mass is 9.98. The fraction of sp³-hybridized carbons (Fsp3) is 0.440. The molecule has 0 atom stereocenters. The van der Waals surface area contributed by atoms with Crippen molar-refractivity contribution in [2.45, 2.75) is 38.6 Å². The van der Waals surface area contributed by atoms with Crippen LogP contribution in [-0.2, 0) is 0 Å². The van der Waals surface area contributed by atoms with Crippen LogP contribution in [-0.4, -0.2) is 48.9 Å². The summed E-state index contributed by atoms with van der Waals surface area (Å²) in [5.41, 5.74) is 2.53. The SMILES string of the molecule is CC1CCN(C(=O)c2ccccc2N2CCC(NC(=O)c3ccccc3)CC2)CC1. The molecule has 0 radical (unpaired) electrons. The number of likely N-dealkylation sites (tertiary alicyclic amines) is 1. The summed E-state index contributed by atoms with van der Waals surface area (Å²) >= 11 is 0. The number of para-hydroxylation sites is 1. The summed E-state index contributed by atoms with van der Waals surface area (Å²) in [5.74, 6) is 0.843. The van der Waals surface area contributed by atoms with E-state index < -0.39 is 0 Å². The molecule has 5 heteroatoms. The van der Waals surface area contributed by atoms with Gasteiger partial charge in [-0.25, -0.2) is 0 Å². The lowest BCUT2D eigenvalue weighted by Gasteiger charge is -2.36. The largest absolute Gasteiger partial charge is 0.371 e. The van der Waals surface area contributed by atoms with Gasteiger partial charge in [0.15, 0.2) is 0 Å². The topological polar surface area (TPSA) is 52.7 Å². The number of anilines is 1. The molecule has 0 unspecified atom stereocenters. The number of rotatable bonds is 4. The summed E-state index contributed by atoms with van der Waals surface area (Å²) in [6, 6.07) is 17.5. The van der Waals surface area contributed by atoms with Crippen LogP contribution < -0.4 is 10.2 Å². The van der Waals surface area contributed by atoms with Crippen molar-refractivity contribution >= 4 is 17.5 Å². The Morgan fingerprint density at radius 2 is 1.47 bits per heavy atom. The second kappa shape index (κ2) is 9.33. The Labute approximate surface area is 179 Å². The Kier molecular flexibility index (Phi) is 6.36. The van der Waals surface area contributed by atoms with Crippen molar-refractivity contribution < 1.29 is 9.59 Å². The quantitative estimate of drug-likeness (QED) is 0.838. The van der Waals surface area contributed by atoms with Crippen molar-refractivity contribution in [3.63, 3.8) is 0 Å². The van der Waals surface area contributed by atoms with Crippen LogP contribution in [0.1, 0.15) is 53.3 Å². The summed E-state index contributed by atoms with van der Waals surface area (Å²) in [6.45, 7) is 5.63. The summed E-state index contributed by atoms with van der Waals surface area (Å²) < 4.78 is 0. The van der Waals surface area contributed by atoms with Gasteiger partial charge in [0.2, 0.25) is 0 Å². The van der Waals surface area contributed by atoms with E-state index in [9.17, 15) is 9.59 Å².